The highest BCUT2D eigenvalue weighted by atomic mass is 16.5. The van der Waals surface area contributed by atoms with Crippen LogP contribution in [0.2, 0.25) is 0 Å². The first-order valence-electron chi connectivity index (χ1n) is 11.5. The van der Waals surface area contributed by atoms with E-state index in [2.05, 4.69) is 10.6 Å². The molecule has 0 aromatic heterocycles. The fourth-order valence-corrected chi connectivity index (χ4v) is 4.50. The number of fused-ring (bicyclic) bond motifs is 3. The second-order valence-electron chi connectivity index (χ2n) is 8.76. The highest BCUT2D eigenvalue weighted by Crippen LogP contribution is 2.44. The zero-order valence-electron chi connectivity index (χ0n) is 19.7. The van der Waals surface area contributed by atoms with Crippen molar-refractivity contribution in [3.05, 3.63) is 95.1 Å². The van der Waals surface area contributed by atoms with Crippen LogP contribution in [0.15, 0.2) is 72.8 Å². The zero-order chi connectivity index (χ0) is 24.9. The van der Waals surface area contributed by atoms with Gasteiger partial charge in [-0.3, -0.25) is 9.59 Å². The van der Waals surface area contributed by atoms with E-state index in [1.807, 2.05) is 79.7 Å². The lowest BCUT2D eigenvalue weighted by atomic mass is 9.98. The van der Waals surface area contributed by atoms with Gasteiger partial charge < -0.3 is 20.5 Å². The standard InChI is InChI=1S/C28H28N2O5/c1-17-8-7-9-19(14-17)18(2)29-27(33)25(15-26(31)32)30-28(34)35-16-24-22-12-5-3-10-20(22)21-11-4-6-13-23(21)24/h3-14,18,24-25H,15-16H2,1-2H3,(H,29,33)(H,30,34)(H,31,32)/t18-,25?/m0/s1. The number of aliphatic carboxylic acids is 1. The second-order valence-corrected chi connectivity index (χ2v) is 8.76. The molecular formula is C28H28N2O5. The number of aryl methyl sites for hydroxylation is 1. The summed E-state index contributed by atoms with van der Waals surface area (Å²) >= 11 is 0. The predicted octanol–water partition coefficient (Wildman–Crippen LogP) is 4.55. The first kappa shape index (κ1) is 24.0. The second kappa shape index (κ2) is 10.4. The molecule has 7 nitrogen and oxygen atoms in total. The first-order valence-corrected chi connectivity index (χ1v) is 11.5. The van der Waals surface area contributed by atoms with Gasteiger partial charge in [0, 0.05) is 5.92 Å². The van der Waals surface area contributed by atoms with Crippen LogP contribution in [-0.4, -0.2) is 35.7 Å². The van der Waals surface area contributed by atoms with Crippen molar-refractivity contribution in [1.29, 1.82) is 0 Å². The Kier molecular flexibility index (Phi) is 7.15. The van der Waals surface area contributed by atoms with Crippen molar-refractivity contribution in [2.24, 2.45) is 0 Å². The Balaban J connectivity index is 1.41. The minimum Gasteiger partial charge on any atom is -0.481 e. The van der Waals surface area contributed by atoms with Crippen molar-refractivity contribution >= 4 is 18.0 Å². The minimum atomic E-state index is -1.27. The minimum absolute atomic E-state index is 0.0704. The number of hydrogen-bond acceptors (Lipinski definition) is 4. The van der Waals surface area contributed by atoms with Gasteiger partial charge in [0.25, 0.3) is 0 Å². The lowest BCUT2D eigenvalue weighted by Gasteiger charge is -2.21. The maximum atomic E-state index is 12.8. The molecule has 1 unspecified atom stereocenters. The van der Waals surface area contributed by atoms with E-state index < -0.39 is 30.4 Å². The number of alkyl carbamates (subject to hydrolysis) is 1. The molecule has 0 radical (unpaired) electrons. The van der Waals surface area contributed by atoms with Gasteiger partial charge in [0.15, 0.2) is 0 Å². The number of carboxylic acids is 1. The van der Waals surface area contributed by atoms with Crippen molar-refractivity contribution in [1.82, 2.24) is 10.6 Å². The van der Waals surface area contributed by atoms with E-state index in [0.717, 1.165) is 33.4 Å². The molecule has 3 aromatic carbocycles. The summed E-state index contributed by atoms with van der Waals surface area (Å²) in [5.74, 6) is -1.93. The van der Waals surface area contributed by atoms with Crippen LogP contribution in [0.25, 0.3) is 11.1 Å². The monoisotopic (exact) mass is 472 g/mol. The molecule has 180 valence electrons. The highest BCUT2D eigenvalue weighted by Gasteiger charge is 2.30. The summed E-state index contributed by atoms with van der Waals surface area (Å²) in [6.45, 7) is 3.82. The van der Waals surface area contributed by atoms with Gasteiger partial charge in [-0.05, 0) is 41.7 Å². The fourth-order valence-electron chi connectivity index (χ4n) is 4.50. The van der Waals surface area contributed by atoms with Crippen molar-refractivity contribution < 1.29 is 24.2 Å². The Labute approximate surface area is 204 Å². The molecule has 7 heteroatoms. The molecule has 1 aliphatic carbocycles. The molecule has 0 aliphatic heterocycles. The van der Waals surface area contributed by atoms with Gasteiger partial charge in [0.1, 0.15) is 12.6 Å². The lowest BCUT2D eigenvalue weighted by molar-refractivity contribution is -0.140. The molecule has 2 amide bonds. The van der Waals surface area contributed by atoms with Gasteiger partial charge in [-0.1, -0.05) is 78.4 Å². The molecule has 0 heterocycles. The van der Waals surface area contributed by atoms with Crippen LogP contribution in [0.5, 0.6) is 0 Å². The molecule has 0 fully saturated rings. The van der Waals surface area contributed by atoms with Crippen LogP contribution < -0.4 is 10.6 Å². The number of carboxylic acid groups (broad SMARTS) is 1. The van der Waals surface area contributed by atoms with Crippen molar-refractivity contribution in [3.8, 4) is 11.1 Å². The molecule has 4 rings (SSSR count). The molecule has 1 aliphatic rings. The van der Waals surface area contributed by atoms with E-state index in [-0.39, 0.29) is 18.6 Å². The van der Waals surface area contributed by atoms with Crippen molar-refractivity contribution in [3.63, 3.8) is 0 Å². The predicted molar refractivity (Wildman–Crippen MR) is 132 cm³/mol. The molecule has 0 saturated heterocycles. The molecule has 0 saturated carbocycles. The summed E-state index contributed by atoms with van der Waals surface area (Å²) in [6.07, 6.45) is -1.40. The molecule has 0 bridgehead atoms. The average molecular weight is 473 g/mol. The summed E-state index contributed by atoms with van der Waals surface area (Å²) in [7, 11) is 0. The quantitative estimate of drug-likeness (QED) is 0.446. The van der Waals surface area contributed by atoms with Gasteiger partial charge in [-0.15, -0.1) is 0 Å². The number of nitrogens with one attached hydrogen (secondary N) is 2. The number of carbonyl (C=O) groups excluding carboxylic acids is 2. The van der Waals surface area contributed by atoms with Gasteiger partial charge in [-0.25, -0.2) is 4.79 Å². The summed E-state index contributed by atoms with van der Waals surface area (Å²) in [6, 6.07) is 22.0. The number of amides is 2. The van der Waals surface area contributed by atoms with Crippen molar-refractivity contribution in [2.45, 2.75) is 38.3 Å². The van der Waals surface area contributed by atoms with E-state index >= 15 is 0 Å². The fraction of sp³-hybridized carbons (Fsp3) is 0.250. The number of hydrogen-bond donors (Lipinski definition) is 3. The van der Waals surface area contributed by atoms with E-state index in [1.54, 1.807) is 6.92 Å². The van der Waals surface area contributed by atoms with Crippen LogP contribution in [0, 0.1) is 6.92 Å². The van der Waals surface area contributed by atoms with Gasteiger partial charge >= 0.3 is 12.1 Å². The summed E-state index contributed by atoms with van der Waals surface area (Å²) < 4.78 is 5.48. The molecule has 3 aromatic rings. The Morgan fingerprint density at radius 1 is 0.914 bits per heavy atom. The number of rotatable bonds is 8. The Hall–Kier alpha value is -4.13. The zero-order valence-corrected chi connectivity index (χ0v) is 19.7. The maximum absolute atomic E-state index is 12.8. The summed E-state index contributed by atoms with van der Waals surface area (Å²) in [5.41, 5.74) is 6.26. The molecule has 2 atom stereocenters. The number of ether oxygens (including phenoxy) is 1. The van der Waals surface area contributed by atoms with E-state index in [9.17, 15) is 19.5 Å². The van der Waals surface area contributed by atoms with Crippen LogP contribution in [0.1, 0.15) is 47.6 Å². The first-order chi connectivity index (χ1) is 16.8. The van der Waals surface area contributed by atoms with Crippen LogP contribution in [-0.2, 0) is 14.3 Å². The topological polar surface area (TPSA) is 105 Å². The summed E-state index contributed by atoms with van der Waals surface area (Å²) in [5, 5.41) is 14.5. The smallest absolute Gasteiger partial charge is 0.407 e. The van der Waals surface area contributed by atoms with E-state index in [4.69, 9.17) is 4.74 Å². The van der Waals surface area contributed by atoms with Crippen LogP contribution in [0.3, 0.4) is 0 Å². The normalized spacial score (nSPS) is 13.8. The average Bonchev–Trinajstić information content (AvgIpc) is 3.15. The third-order valence-corrected chi connectivity index (χ3v) is 6.23. The summed E-state index contributed by atoms with van der Waals surface area (Å²) in [4.78, 5) is 36.8. The van der Waals surface area contributed by atoms with Gasteiger partial charge in [0.2, 0.25) is 5.91 Å². The third kappa shape index (κ3) is 5.51. The third-order valence-electron chi connectivity index (χ3n) is 6.23. The van der Waals surface area contributed by atoms with Gasteiger partial charge in [0.05, 0.1) is 12.5 Å². The molecular weight excluding hydrogens is 444 g/mol. The largest absolute Gasteiger partial charge is 0.481 e. The Morgan fingerprint density at radius 3 is 2.14 bits per heavy atom. The van der Waals surface area contributed by atoms with Crippen molar-refractivity contribution in [2.75, 3.05) is 6.61 Å². The van der Waals surface area contributed by atoms with Crippen LogP contribution >= 0.6 is 0 Å². The highest BCUT2D eigenvalue weighted by molar-refractivity contribution is 5.89. The molecule has 0 spiro atoms. The molecule has 3 N–H and O–H groups in total. The van der Waals surface area contributed by atoms with Gasteiger partial charge in [-0.2, -0.15) is 0 Å². The van der Waals surface area contributed by atoms with E-state index in [0.29, 0.717) is 0 Å². The Morgan fingerprint density at radius 2 is 1.54 bits per heavy atom. The number of benzene rings is 3. The Bertz CT molecular complexity index is 1210. The van der Waals surface area contributed by atoms with Crippen LogP contribution in [0.4, 0.5) is 4.79 Å². The SMILES string of the molecule is Cc1cccc([C@H](C)NC(=O)C(CC(=O)O)NC(=O)OCC2c3ccccc3-c3ccccc32)c1. The molecule has 35 heavy (non-hydrogen) atoms. The maximum Gasteiger partial charge on any atom is 0.407 e. The number of carbonyl (C=O) groups is 3. The lowest BCUT2D eigenvalue weighted by Crippen LogP contribution is -2.48. The van der Waals surface area contributed by atoms with E-state index in [1.165, 1.54) is 0 Å².